The van der Waals surface area contributed by atoms with Crippen LogP contribution in [-0.2, 0) is 4.79 Å². The molecule has 3 nitrogen and oxygen atoms in total. The summed E-state index contributed by atoms with van der Waals surface area (Å²) in [5, 5.41) is 2.46. The minimum Gasteiger partial charge on any atom is -0.485 e. The van der Waals surface area contributed by atoms with Crippen LogP contribution in [0.3, 0.4) is 0 Å². The molecule has 0 aliphatic heterocycles. The molecule has 0 heterocycles. The summed E-state index contributed by atoms with van der Waals surface area (Å²) >= 11 is 0. The number of carbonyl (C=O) groups is 1. The molecule has 2 rings (SSSR count). The first-order chi connectivity index (χ1) is 8.31. The van der Waals surface area contributed by atoms with Gasteiger partial charge in [0.05, 0.1) is 11.8 Å². The molecule has 1 aliphatic carbocycles. The number of rotatable bonds is 4. The molecule has 0 radical (unpaired) electrons. The Morgan fingerprint density at radius 3 is 2.76 bits per heavy atom. The van der Waals surface area contributed by atoms with E-state index in [0.29, 0.717) is 12.1 Å². The first-order valence-electron chi connectivity index (χ1n) is 5.96. The Morgan fingerprint density at radius 2 is 2.06 bits per heavy atom. The summed E-state index contributed by atoms with van der Waals surface area (Å²) in [4.78, 5) is 10.4. The van der Waals surface area contributed by atoms with Crippen LogP contribution >= 0.6 is 0 Å². The van der Waals surface area contributed by atoms with Crippen LogP contribution in [0.4, 0.5) is 10.1 Å². The number of nitrogens with one attached hydrogen (secondary N) is 1. The molecule has 92 valence electrons. The van der Waals surface area contributed by atoms with E-state index in [9.17, 15) is 9.18 Å². The van der Waals surface area contributed by atoms with E-state index < -0.39 is 5.82 Å². The minimum atomic E-state index is -0.428. The highest BCUT2D eigenvalue weighted by atomic mass is 19.1. The van der Waals surface area contributed by atoms with Crippen molar-refractivity contribution in [3.8, 4) is 5.75 Å². The second kappa shape index (κ2) is 5.66. The van der Waals surface area contributed by atoms with Gasteiger partial charge < -0.3 is 10.1 Å². The van der Waals surface area contributed by atoms with Crippen molar-refractivity contribution in [1.29, 1.82) is 0 Å². The fraction of sp³-hybridized carbons (Fsp3) is 0.462. The van der Waals surface area contributed by atoms with Crippen LogP contribution in [0.5, 0.6) is 5.75 Å². The molecule has 0 spiro atoms. The summed E-state index contributed by atoms with van der Waals surface area (Å²) in [5.41, 5.74) is 0.394. The molecule has 1 aromatic carbocycles. The predicted molar refractivity (Wildman–Crippen MR) is 63.6 cm³/mol. The van der Waals surface area contributed by atoms with Crippen LogP contribution in [0.15, 0.2) is 18.2 Å². The van der Waals surface area contributed by atoms with E-state index in [4.69, 9.17) is 4.74 Å². The smallest absolute Gasteiger partial charge is 0.211 e. The monoisotopic (exact) mass is 237 g/mol. The number of para-hydroxylation sites is 1. The third-order valence-electron chi connectivity index (χ3n) is 3.02. The average Bonchev–Trinajstić information content (AvgIpc) is 2.35. The van der Waals surface area contributed by atoms with E-state index >= 15 is 0 Å². The second-order valence-electron chi connectivity index (χ2n) is 4.26. The molecule has 1 aromatic rings. The average molecular weight is 237 g/mol. The third kappa shape index (κ3) is 2.96. The first-order valence-corrected chi connectivity index (χ1v) is 5.96. The lowest BCUT2D eigenvalue weighted by Gasteiger charge is -2.24. The fourth-order valence-corrected chi connectivity index (χ4v) is 2.16. The quantitative estimate of drug-likeness (QED) is 0.817. The summed E-state index contributed by atoms with van der Waals surface area (Å²) in [5.74, 6) is -0.270. The summed E-state index contributed by atoms with van der Waals surface area (Å²) in [6, 6.07) is 4.53. The van der Waals surface area contributed by atoms with E-state index in [0.717, 1.165) is 25.7 Å². The van der Waals surface area contributed by atoms with Crippen molar-refractivity contribution in [2.45, 2.75) is 38.2 Å². The van der Waals surface area contributed by atoms with Gasteiger partial charge >= 0.3 is 0 Å². The van der Waals surface area contributed by atoms with Crippen molar-refractivity contribution >= 4 is 12.1 Å². The van der Waals surface area contributed by atoms with Crippen LogP contribution < -0.4 is 10.1 Å². The third-order valence-corrected chi connectivity index (χ3v) is 3.02. The summed E-state index contributed by atoms with van der Waals surface area (Å²) in [6.45, 7) is 0. The Morgan fingerprint density at radius 1 is 1.29 bits per heavy atom. The van der Waals surface area contributed by atoms with E-state index in [1.807, 2.05) is 0 Å². The molecule has 1 amide bonds. The molecule has 0 atom stereocenters. The topological polar surface area (TPSA) is 38.3 Å². The van der Waals surface area contributed by atoms with Crippen LogP contribution in [0.25, 0.3) is 0 Å². The molecule has 0 aromatic heterocycles. The summed E-state index contributed by atoms with van der Waals surface area (Å²) < 4.78 is 19.3. The lowest BCUT2D eigenvalue weighted by molar-refractivity contribution is -0.105. The van der Waals surface area contributed by atoms with E-state index in [1.165, 1.54) is 12.5 Å². The molecule has 1 N–H and O–H groups in total. The largest absolute Gasteiger partial charge is 0.485 e. The normalized spacial score (nSPS) is 16.5. The molecular formula is C13H16FNO2. The molecule has 1 saturated carbocycles. The number of amides is 1. The van der Waals surface area contributed by atoms with Gasteiger partial charge in [-0.15, -0.1) is 0 Å². The van der Waals surface area contributed by atoms with Gasteiger partial charge in [-0.2, -0.15) is 0 Å². The number of benzene rings is 1. The number of hydrogen-bond donors (Lipinski definition) is 1. The molecule has 1 fully saturated rings. The Balaban J connectivity index is 2.14. The first kappa shape index (κ1) is 11.9. The van der Waals surface area contributed by atoms with Crippen LogP contribution in [-0.4, -0.2) is 12.5 Å². The van der Waals surface area contributed by atoms with E-state index in [-0.39, 0.29) is 11.9 Å². The fourth-order valence-electron chi connectivity index (χ4n) is 2.16. The zero-order chi connectivity index (χ0) is 12.1. The van der Waals surface area contributed by atoms with Gasteiger partial charge in [0.2, 0.25) is 6.41 Å². The lowest BCUT2D eigenvalue weighted by Crippen LogP contribution is -2.20. The van der Waals surface area contributed by atoms with Crippen molar-refractivity contribution < 1.29 is 13.9 Å². The van der Waals surface area contributed by atoms with Crippen molar-refractivity contribution in [1.82, 2.24) is 0 Å². The number of carbonyl (C=O) groups excluding carboxylic acids is 1. The van der Waals surface area contributed by atoms with Crippen LogP contribution in [0.1, 0.15) is 32.1 Å². The van der Waals surface area contributed by atoms with Gasteiger partial charge in [0.1, 0.15) is 0 Å². The molecular weight excluding hydrogens is 221 g/mol. The Kier molecular flexibility index (Phi) is 3.96. The minimum absolute atomic E-state index is 0.0628. The lowest BCUT2D eigenvalue weighted by atomic mass is 9.98. The summed E-state index contributed by atoms with van der Waals surface area (Å²) in [6.07, 6.45) is 5.96. The highest BCUT2D eigenvalue weighted by molar-refractivity contribution is 5.75. The number of ether oxygens (including phenoxy) is 1. The van der Waals surface area contributed by atoms with Crippen molar-refractivity contribution in [3.63, 3.8) is 0 Å². The van der Waals surface area contributed by atoms with Gasteiger partial charge in [-0.1, -0.05) is 12.5 Å². The van der Waals surface area contributed by atoms with E-state index in [2.05, 4.69) is 5.32 Å². The molecule has 4 heteroatoms. The Labute approximate surface area is 100.0 Å². The highest BCUT2D eigenvalue weighted by Crippen LogP contribution is 2.31. The zero-order valence-electron chi connectivity index (χ0n) is 9.62. The van der Waals surface area contributed by atoms with Gasteiger partial charge in [-0.25, -0.2) is 4.39 Å². The van der Waals surface area contributed by atoms with Crippen molar-refractivity contribution in [3.05, 3.63) is 24.0 Å². The van der Waals surface area contributed by atoms with Gasteiger partial charge in [0, 0.05) is 0 Å². The highest BCUT2D eigenvalue weighted by Gasteiger charge is 2.18. The van der Waals surface area contributed by atoms with Gasteiger partial charge in [0.25, 0.3) is 0 Å². The zero-order valence-corrected chi connectivity index (χ0v) is 9.62. The summed E-state index contributed by atoms with van der Waals surface area (Å²) in [7, 11) is 0. The molecule has 0 unspecified atom stereocenters. The number of anilines is 1. The van der Waals surface area contributed by atoms with Crippen LogP contribution in [0, 0.1) is 5.82 Å². The molecule has 0 bridgehead atoms. The molecule has 17 heavy (non-hydrogen) atoms. The van der Waals surface area contributed by atoms with Gasteiger partial charge in [-0.3, -0.25) is 4.79 Å². The van der Waals surface area contributed by atoms with Crippen molar-refractivity contribution in [2.75, 3.05) is 5.32 Å². The van der Waals surface area contributed by atoms with E-state index in [1.54, 1.807) is 12.1 Å². The SMILES string of the molecule is O=CNc1cccc(F)c1OC1CCCCC1. The maximum absolute atomic E-state index is 13.6. The Bertz CT molecular complexity index is 389. The Hall–Kier alpha value is -1.58. The maximum atomic E-state index is 13.6. The van der Waals surface area contributed by atoms with Gasteiger partial charge in [-0.05, 0) is 37.8 Å². The number of halogens is 1. The molecule has 1 aliphatic rings. The van der Waals surface area contributed by atoms with Crippen LogP contribution in [0.2, 0.25) is 0 Å². The standard InChI is InChI=1S/C13H16FNO2/c14-11-7-4-8-12(15-9-16)13(11)17-10-5-2-1-3-6-10/h4,7-10H,1-3,5-6H2,(H,15,16). The molecule has 0 saturated heterocycles. The second-order valence-corrected chi connectivity index (χ2v) is 4.26. The van der Waals surface area contributed by atoms with Crippen molar-refractivity contribution in [2.24, 2.45) is 0 Å². The van der Waals surface area contributed by atoms with Gasteiger partial charge in [0.15, 0.2) is 11.6 Å². The predicted octanol–water partition coefficient (Wildman–Crippen LogP) is 3.11. The number of hydrogen-bond acceptors (Lipinski definition) is 2. The maximum Gasteiger partial charge on any atom is 0.211 e.